The van der Waals surface area contributed by atoms with E-state index in [1.54, 1.807) is 0 Å². The summed E-state index contributed by atoms with van der Waals surface area (Å²) in [7, 11) is 0. The summed E-state index contributed by atoms with van der Waals surface area (Å²) in [6, 6.07) is 12.3. The fourth-order valence-corrected chi connectivity index (χ4v) is 2.51. The average Bonchev–Trinajstić information content (AvgIpc) is 2.79. The van der Waals surface area contributed by atoms with E-state index < -0.39 is 0 Å². The Morgan fingerprint density at radius 1 is 1.29 bits per heavy atom. The Kier molecular flexibility index (Phi) is 5.14. The maximum Gasteiger partial charge on any atom is 0.222 e. The molecule has 112 valence electrons. The van der Waals surface area contributed by atoms with Crippen LogP contribution in [0, 0.1) is 13.8 Å². The summed E-state index contributed by atoms with van der Waals surface area (Å²) in [6.45, 7) is 6.68. The van der Waals surface area contributed by atoms with Crippen molar-refractivity contribution < 1.29 is 4.79 Å². The quantitative estimate of drug-likeness (QED) is 0.887. The maximum atomic E-state index is 12.0. The van der Waals surface area contributed by atoms with Crippen molar-refractivity contribution in [2.75, 3.05) is 6.54 Å². The second-order valence-corrected chi connectivity index (χ2v) is 5.51. The molecule has 1 atom stereocenters. The summed E-state index contributed by atoms with van der Waals surface area (Å²) in [5.41, 5.74) is 3.32. The molecule has 1 aromatic heterocycles. The van der Waals surface area contributed by atoms with Gasteiger partial charge in [0.05, 0.1) is 11.7 Å². The Morgan fingerprint density at radius 3 is 2.62 bits per heavy atom. The number of amides is 1. The number of hydrogen-bond donors (Lipinski definition) is 1. The fraction of sp³-hybridized carbons (Fsp3) is 0.412. The van der Waals surface area contributed by atoms with Gasteiger partial charge in [0, 0.05) is 18.7 Å². The number of nitrogens with zero attached hydrogens (tertiary/aromatic N) is 2. The van der Waals surface area contributed by atoms with Crippen molar-refractivity contribution in [3.63, 3.8) is 0 Å². The first-order valence-electron chi connectivity index (χ1n) is 7.39. The van der Waals surface area contributed by atoms with Crippen molar-refractivity contribution in [3.05, 3.63) is 53.3 Å². The second kappa shape index (κ2) is 7.07. The predicted octanol–water partition coefficient (Wildman–Crippen LogP) is 2.81. The zero-order chi connectivity index (χ0) is 15.2. The van der Waals surface area contributed by atoms with Gasteiger partial charge < -0.3 is 5.32 Å². The minimum atomic E-state index is 0.0750. The van der Waals surface area contributed by atoms with Crippen molar-refractivity contribution in [1.82, 2.24) is 15.1 Å². The lowest BCUT2D eigenvalue weighted by Crippen LogP contribution is -2.28. The zero-order valence-corrected chi connectivity index (χ0v) is 13.0. The topological polar surface area (TPSA) is 46.9 Å². The highest BCUT2D eigenvalue weighted by Crippen LogP contribution is 2.13. The number of rotatable bonds is 6. The molecule has 4 heteroatoms. The Balaban J connectivity index is 1.78. The van der Waals surface area contributed by atoms with Crippen molar-refractivity contribution in [2.45, 2.75) is 39.7 Å². The van der Waals surface area contributed by atoms with Gasteiger partial charge in [-0.3, -0.25) is 9.48 Å². The number of hydrogen-bond acceptors (Lipinski definition) is 2. The van der Waals surface area contributed by atoms with Gasteiger partial charge >= 0.3 is 0 Å². The average molecular weight is 285 g/mol. The van der Waals surface area contributed by atoms with Gasteiger partial charge in [0.2, 0.25) is 5.91 Å². The van der Waals surface area contributed by atoms with E-state index >= 15 is 0 Å². The lowest BCUT2D eigenvalue weighted by molar-refractivity contribution is -0.121. The molecule has 4 nitrogen and oxygen atoms in total. The van der Waals surface area contributed by atoms with Crippen molar-refractivity contribution >= 4 is 5.91 Å². The Bertz CT molecular complexity index is 589. The number of aryl methyl sites for hydroxylation is 2. The highest BCUT2D eigenvalue weighted by atomic mass is 16.1. The largest absolute Gasteiger partial charge is 0.356 e. The summed E-state index contributed by atoms with van der Waals surface area (Å²) in [5, 5.41) is 7.41. The molecule has 0 saturated carbocycles. The number of benzene rings is 1. The number of carbonyl (C=O) groups is 1. The van der Waals surface area contributed by atoms with Crippen LogP contribution in [-0.4, -0.2) is 22.2 Å². The molecular weight excluding hydrogens is 262 g/mol. The van der Waals surface area contributed by atoms with Crippen LogP contribution in [0.5, 0.6) is 0 Å². The van der Waals surface area contributed by atoms with E-state index in [0.29, 0.717) is 13.0 Å². The highest BCUT2D eigenvalue weighted by Gasteiger charge is 2.13. The van der Waals surface area contributed by atoms with Gasteiger partial charge in [-0.1, -0.05) is 30.3 Å². The minimum absolute atomic E-state index is 0.0750. The third-order valence-electron chi connectivity index (χ3n) is 3.52. The summed E-state index contributed by atoms with van der Waals surface area (Å²) in [5.74, 6) is 0.0750. The van der Waals surface area contributed by atoms with Gasteiger partial charge in [0.25, 0.3) is 0 Å². The molecule has 0 aliphatic heterocycles. The van der Waals surface area contributed by atoms with Gasteiger partial charge in [-0.25, -0.2) is 0 Å². The van der Waals surface area contributed by atoms with Crippen LogP contribution in [0.1, 0.15) is 36.3 Å². The van der Waals surface area contributed by atoms with E-state index in [0.717, 1.165) is 17.8 Å². The summed E-state index contributed by atoms with van der Waals surface area (Å²) in [4.78, 5) is 12.0. The number of nitrogens with one attached hydrogen (secondary N) is 1. The van der Waals surface area contributed by atoms with Gasteiger partial charge in [-0.05, 0) is 38.8 Å². The molecule has 0 spiro atoms. The van der Waals surface area contributed by atoms with Crippen molar-refractivity contribution in [2.24, 2.45) is 0 Å². The standard InChI is InChI=1S/C17H23N3O/c1-13-11-14(2)20(19-13)15(3)12-17(21)18-10-9-16-7-5-4-6-8-16/h4-8,11,15H,9-10,12H2,1-3H3,(H,18,21)/t15-/m0/s1. The summed E-state index contributed by atoms with van der Waals surface area (Å²) >= 11 is 0. The van der Waals surface area contributed by atoms with Crippen LogP contribution in [0.3, 0.4) is 0 Å². The lowest BCUT2D eigenvalue weighted by atomic mass is 10.1. The van der Waals surface area contributed by atoms with E-state index in [-0.39, 0.29) is 11.9 Å². The third kappa shape index (κ3) is 4.45. The normalized spacial score (nSPS) is 12.1. The first-order valence-corrected chi connectivity index (χ1v) is 7.39. The van der Waals surface area contributed by atoms with Crippen LogP contribution in [0.4, 0.5) is 0 Å². The third-order valence-corrected chi connectivity index (χ3v) is 3.52. The lowest BCUT2D eigenvalue weighted by Gasteiger charge is -2.14. The Labute approximate surface area is 126 Å². The van der Waals surface area contributed by atoms with Crippen LogP contribution in [0.25, 0.3) is 0 Å². The van der Waals surface area contributed by atoms with E-state index in [9.17, 15) is 4.79 Å². The summed E-state index contributed by atoms with van der Waals surface area (Å²) < 4.78 is 1.92. The maximum absolute atomic E-state index is 12.0. The molecule has 21 heavy (non-hydrogen) atoms. The van der Waals surface area contributed by atoms with E-state index in [4.69, 9.17) is 0 Å². The number of carbonyl (C=O) groups excluding carboxylic acids is 1. The smallest absolute Gasteiger partial charge is 0.222 e. The molecule has 1 N–H and O–H groups in total. The predicted molar refractivity (Wildman–Crippen MR) is 84.2 cm³/mol. The fourth-order valence-electron chi connectivity index (χ4n) is 2.51. The molecule has 1 heterocycles. The van der Waals surface area contributed by atoms with Gasteiger partial charge in [-0.2, -0.15) is 5.10 Å². The van der Waals surface area contributed by atoms with Gasteiger partial charge in [0.1, 0.15) is 0 Å². The van der Waals surface area contributed by atoms with Crippen LogP contribution >= 0.6 is 0 Å². The van der Waals surface area contributed by atoms with Crippen molar-refractivity contribution in [3.8, 4) is 0 Å². The van der Waals surface area contributed by atoms with Gasteiger partial charge in [-0.15, -0.1) is 0 Å². The Morgan fingerprint density at radius 2 is 2.00 bits per heavy atom. The van der Waals surface area contributed by atoms with E-state index in [2.05, 4.69) is 22.5 Å². The first kappa shape index (κ1) is 15.3. The van der Waals surface area contributed by atoms with Crippen LogP contribution in [0.15, 0.2) is 36.4 Å². The molecule has 0 aliphatic carbocycles. The molecule has 1 aromatic carbocycles. The highest BCUT2D eigenvalue weighted by molar-refractivity contribution is 5.76. The number of aromatic nitrogens is 2. The molecule has 2 rings (SSSR count). The summed E-state index contributed by atoms with van der Waals surface area (Å²) in [6.07, 6.45) is 1.32. The SMILES string of the molecule is Cc1cc(C)n([C@@H](C)CC(=O)NCCc2ccccc2)n1. The molecule has 0 radical (unpaired) electrons. The van der Waals surface area contributed by atoms with Gasteiger partial charge in [0.15, 0.2) is 0 Å². The Hall–Kier alpha value is -2.10. The molecule has 0 bridgehead atoms. The van der Waals surface area contributed by atoms with Crippen molar-refractivity contribution in [1.29, 1.82) is 0 Å². The molecule has 1 amide bonds. The van der Waals surface area contributed by atoms with E-state index in [1.807, 2.05) is 49.7 Å². The molecule has 0 fully saturated rings. The molecule has 0 aliphatic rings. The molecule has 2 aromatic rings. The minimum Gasteiger partial charge on any atom is -0.356 e. The van der Waals surface area contributed by atoms with Crippen LogP contribution in [0.2, 0.25) is 0 Å². The zero-order valence-electron chi connectivity index (χ0n) is 13.0. The van der Waals surface area contributed by atoms with Crippen LogP contribution in [-0.2, 0) is 11.2 Å². The molecular formula is C17H23N3O. The molecule has 0 saturated heterocycles. The van der Waals surface area contributed by atoms with E-state index in [1.165, 1.54) is 5.56 Å². The van der Waals surface area contributed by atoms with Crippen LogP contribution < -0.4 is 5.32 Å². The molecule has 0 unspecified atom stereocenters. The monoisotopic (exact) mass is 285 g/mol. The second-order valence-electron chi connectivity index (χ2n) is 5.51. The first-order chi connectivity index (χ1) is 10.1.